The zero-order chi connectivity index (χ0) is 18.5. The van der Waals surface area contributed by atoms with Gasteiger partial charge in [0.05, 0.1) is 28.2 Å². The number of nitrogens with zero attached hydrogens (tertiary/aromatic N) is 3. The summed E-state index contributed by atoms with van der Waals surface area (Å²) in [7, 11) is 0. The van der Waals surface area contributed by atoms with Crippen molar-refractivity contribution in [2.75, 3.05) is 13.1 Å². The number of benzene rings is 1. The molecule has 6 nitrogen and oxygen atoms in total. The predicted octanol–water partition coefficient (Wildman–Crippen LogP) is 2.75. The van der Waals surface area contributed by atoms with Crippen molar-refractivity contribution in [3.63, 3.8) is 0 Å². The van der Waals surface area contributed by atoms with Gasteiger partial charge in [0.2, 0.25) is 5.91 Å². The van der Waals surface area contributed by atoms with Gasteiger partial charge in [-0.25, -0.2) is 4.68 Å². The molecule has 0 aliphatic carbocycles. The van der Waals surface area contributed by atoms with Crippen LogP contribution in [0.5, 0.6) is 0 Å². The minimum Gasteiger partial charge on any atom is -0.354 e. The normalized spacial score (nSPS) is 22.1. The van der Waals surface area contributed by atoms with Crippen LogP contribution in [0.15, 0.2) is 36.4 Å². The van der Waals surface area contributed by atoms with Gasteiger partial charge in [-0.1, -0.05) is 18.2 Å². The summed E-state index contributed by atoms with van der Waals surface area (Å²) in [5.74, 6) is 0.0597. The number of fused-ring (bicyclic) bond motifs is 2. The van der Waals surface area contributed by atoms with Crippen molar-refractivity contribution in [3.8, 4) is 5.69 Å². The second kappa shape index (κ2) is 6.20. The van der Waals surface area contributed by atoms with Gasteiger partial charge in [-0.2, -0.15) is 5.10 Å². The number of piperidine rings is 1. The van der Waals surface area contributed by atoms with E-state index in [1.165, 1.54) is 11.3 Å². The molecule has 27 heavy (non-hydrogen) atoms. The Morgan fingerprint density at radius 2 is 2.11 bits per heavy atom. The summed E-state index contributed by atoms with van der Waals surface area (Å²) in [4.78, 5) is 28.8. The Morgan fingerprint density at radius 3 is 2.93 bits per heavy atom. The van der Waals surface area contributed by atoms with Crippen LogP contribution in [0.3, 0.4) is 0 Å². The molecule has 1 aromatic carbocycles. The summed E-state index contributed by atoms with van der Waals surface area (Å²) in [5.41, 5.74) is 1.90. The molecule has 2 unspecified atom stereocenters. The Hall–Kier alpha value is -2.67. The van der Waals surface area contributed by atoms with Crippen molar-refractivity contribution in [2.45, 2.75) is 25.8 Å². The largest absolute Gasteiger partial charge is 0.354 e. The van der Waals surface area contributed by atoms with Crippen LogP contribution in [0.25, 0.3) is 15.9 Å². The molecule has 2 amide bonds. The van der Waals surface area contributed by atoms with Gasteiger partial charge in [0, 0.05) is 18.5 Å². The van der Waals surface area contributed by atoms with E-state index in [2.05, 4.69) is 10.4 Å². The number of amides is 2. The number of nitrogens with one attached hydrogen (secondary N) is 1. The van der Waals surface area contributed by atoms with Gasteiger partial charge in [-0.05, 0) is 38.0 Å². The maximum atomic E-state index is 13.2. The zero-order valence-electron chi connectivity index (χ0n) is 15.0. The first-order valence-electron chi connectivity index (χ1n) is 9.27. The van der Waals surface area contributed by atoms with E-state index >= 15 is 0 Å². The molecule has 2 aliphatic heterocycles. The molecule has 2 atom stereocenters. The van der Waals surface area contributed by atoms with Crippen LogP contribution in [-0.2, 0) is 4.79 Å². The second-order valence-electron chi connectivity index (χ2n) is 7.22. The van der Waals surface area contributed by atoms with Crippen LogP contribution in [0, 0.1) is 12.8 Å². The fraction of sp³-hybridized carbons (Fsp3) is 0.350. The Labute approximate surface area is 160 Å². The number of para-hydroxylation sites is 1. The first kappa shape index (κ1) is 16.5. The molecule has 0 radical (unpaired) electrons. The Bertz CT molecular complexity index is 1040. The Morgan fingerprint density at radius 1 is 1.30 bits per heavy atom. The molecule has 2 aliphatic rings. The molecular formula is C20H20N4O2S. The molecule has 4 heterocycles. The highest BCUT2D eigenvalue weighted by Gasteiger charge is 2.43. The fourth-order valence-electron chi connectivity index (χ4n) is 4.24. The quantitative estimate of drug-likeness (QED) is 0.743. The van der Waals surface area contributed by atoms with Crippen LogP contribution < -0.4 is 5.32 Å². The first-order chi connectivity index (χ1) is 13.1. The number of carbonyl (C=O) groups is 2. The fourth-order valence-corrected chi connectivity index (χ4v) is 5.38. The molecule has 2 aromatic heterocycles. The lowest BCUT2D eigenvalue weighted by atomic mass is 9.91. The van der Waals surface area contributed by atoms with E-state index < -0.39 is 0 Å². The van der Waals surface area contributed by atoms with Gasteiger partial charge in [0.25, 0.3) is 5.91 Å². The maximum Gasteiger partial charge on any atom is 0.264 e. The van der Waals surface area contributed by atoms with E-state index in [1.807, 2.05) is 52.9 Å². The molecular weight excluding hydrogens is 360 g/mol. The molecule has 2 saturated heterocycles. The van der Waals surface area contributed by atoms with Crippen molar-refractivity contribution in [1.82, 2.24) is 20.0 Å². The number of aryl methyl sites for hydroxylation is 1. The van der Waals surface area contributed by atoms with Gasteiger partial charge >= 0.3 is 0 Å². The van der Waals surface area contributed by atoms with Gasteiger partial charge in [0.1, 0.15) is 4.83 Å². The van der Waals surface area contributed by atoms with Crippen molar-refractivity contribution in [3.05, 3.63) is 47.0 Å². The molecule has 2 fully saturated rings. The Kier molecular flexibility index (Phi) is 3.79. The Balaban J connectivity index is 1.52. The third-order valence-electron chi connectivity index (χ3n) is 5.62. The summed E-state index contributed by atoms with van der Waals surface area (Å²) in [6, 6.07) is 11.9. The number of carbonyl (C=O) groups excluding carboxylic acids is 2. The zero-order valence-corrected chi connectivity index (χ0v) is 15.8. The molecule has 0 bridgehead atoms. The highest BCUT2D eigenvalue weighted by molar-refractivity contribution is 7.20. The van der Waals surface area contributed by atoms with Gasteiger partial charge < -0.3 is 10.2 Å². The minimum atomic E-state index is -0.0568. The van der Waals surface area contributed by atoms with Crippen LogP contribution in [0.2, 0.25) is 0 Å². The second-order valence-corrected chi connectivity index (χ2v) is 8.25. The third-order valence-corrected chi connectivity index (χ3v) is 6.72. The van der Waals surface area contributed by atoms with Crippen molar-refractivity contribution in [1.29, 1.82) is 0 Å². The molecule has 5 rings (SSSR count). The minimum absolute atomic E-state index is 0.0179. The summed E-state index contributed by atoms with van der Waals surface area (Å²) in [6.07, 6.45) is 1.75. The summed E-state index contributed by atoms with van der Waals surface area (Å²) in [5, 5.41) is 8.57. The number of aromatic nitrogens is 2. The average molecular weight is 380 g/mol. The van der Waals surface area contributed by atoms with E-state index in [1.54, 1.807) is 0 Å². The average Bonchev–Trinajstić information content (AvgIpc) is 3.37. The smallest absolute Gasteiger partial charge is 0.264 e. The van der Waals surface area contributed by atoms with E-state index in [0.29, 0.717) is 13.1 Å². The van der Waals surface area contributed by atoms with Crippen molar-refractivity contribution >= 4 is 33.4 Å². The lowest BCUT2D eigenvalue weighted by Crippen LogP contribution is -2.48. The lowest BCUT2D eigenvalue weighted by Gasteiger charge is -2.35. The standard InChI is InChI=1S/C20H20N4O2S/c1-12-15-10-17(27-20(15)24(22-12)13-6-3-2-4-7-13)19(26)23-9-5-8-14-16(23)11-21-18(14)25/h2-4,6-7,10,14,16H,5,8-9,11H2,1H3,(H,21,25). The highest BCUT2D eigenvalue weighted by atomic mass is 32.1. The van der Waals surface area contributed by atoms with Crippen LogP contribution >= 0.6 is 11.3 Å². The summed E-state index contributed by atoms with van der Waals surface area (Å²) >= 11 is 1.48. The summed E-state index contributed by atoms with van der Waals surface area (Å²) in [6.45, 7) is 3.25. The van der Waals surface area contributed by atoms with Crippen LogP contribution in [0.4, 0.5) is 0 Å². The number of rotatable bonds is 2. The SMILES string of the molecule is Cc1nn(-c2ccccc2)c2sc(C(=O)N3CCCC4C(=O)NCC43)cc12. The molecule has 7 heteroatoms. The molecule has 1 N–H and O–H groups in total. The number of hydrogen-bond acceptors (Lipinski definition) is 4. The predicted molar refractivity (Wildman–Crippen MR) is 104 cm³/mol. The molecule has 3 aromatic rings. The number of hydrogen-bond donors (Lipinski definition) is 1. The third kappa shape index (κ3) is 2.56. The van der Waals surface area contributed by atoms with E-state index in [-0.39, 0.29) is 23.8 Å². The number of likely N-dealkylation sites (tertiary alicyclic amines) is 1. The molecule has 0 saturated carbocycles. The van der Waals surface area contributed by atoms with Crippen molar-refractivity contribution in [2.24, 2.45) is 5.92 Å². The molecule has 0 spiro atoms. The molecule has 138 valence electrons. The van der Waals surface area contributed by atoms with Crippen LogP contribution in [0.1, 0.15) is 28.2 Å². The first-order valence-corrected chi connectivity index (χ1v) is 10.1. The van der Waals surface area contributed by atoms with Crippen LogP contribution in [-0.4, -0.2) is 45.6 Å². The monoisotopic (exact) mass is 380 g/mol. The number of thiophene rings is 1. The van der Waals surface area contributed by atoms with Gasteiger partial charge in [0.15, 0.2) is 0 Å². The summed E-state index contributed by atoms with van der Waals surface area (Å²) < 4.78 is 1.91. The van der Waals surface area contributed by atoms with E-state index in [4.69, 9.17) is 0 Å². The maximum absolute atomic E-state index is 13.2. The van der Waals surface area contributed by atoms with Gasteiger partial charge in [-0.3, -0.25) is 9.59 Å². The topological polar surface area (TPSA) is 67.2 Å². The lowest BCUT2D eigenvalue weighted by molar-refractivity contribution is -0.123. The van der Waals surface area contributed by atoms with E-state index in [0.717, 1.165) is 39.3 Å². The van der Waals surface area contributed by atoms with Gasteiger partial charge in [-0.15, -0.1) is 11.3 Å². The van der Waals surface area contributed by atoms with E-state index in [9.17, 15) is 9.59 Å². The highest BCUT2D eigenvalue weighted by Crippen LogP contribution is 2.34. The van der Waals surface area contributed by atoms with Crippen molar-refractivity contribution < 1.29 is 9.59 Å².